The van der Waals surface area contributed by atoms with Crippen LogP contribution in [0.5, 0.6) is 0 Å². The largest absolute Gasteiger partial charge is 2.00 e. The number of nitrogens with zero attached hydrogens (tertiary/aromatic N) is 4. The van der Waals surface area contributed by atoms with Crippen molar-refractivity contribution < 1.29 is 112 Å². The van der Waals surface area contributed by atoms with Gasteiger partial charge in [-0.15, -0.1) is 0 Å². The van der Waals surface area contributed by atoms with E-state index in [0.717, 1.165) is 39.5 Å². The molecule has 0 aromatic heterocycles. The fourth-order valence-electron chi connectivity index (χ4n) is 10.1. The van der Waals surface area contributed by atoms with Crippen LogP contribution in [0.2, 0.25) is 0 Å². The molecule has 86 heavy (non-hydrogen) atoms. The van der Waals surface area contributed by atoms with E-state index in [1.807, 2.05) is 83.1 Å². The Kier molecular flexibility index (Phi) is 26.1. The third kappa shape index (κ3) is 18.4. The Labute approximate surface area is 534 Å². The molecule has 8 rings (SSSR count). The number of sulfonamides is 4. The van der Waals surface area contributed by atoms with Crippen LogP contribution in [0, 0.1) is 0 Å². The minimum Gasteiger partial charge on any atom is -0.548 e. The minimum atomic E-state index is -3.78. The standard InChI is InChI=1S/4C15H21NO4S.2Rh/c4*1-15(2,3)11-6-8-12(9-7-11)21(19,20)16-10-4-5-13(16)14(17)18;;/h4*6-9,13H,4-5,10H2,1-3H3,(H,17,18);;/q;;;;2*+2/p-4/t4*13-;;/m0000../s1. The summed E-state index contributed by atoms with van der Waals surface area (Å²) in [5.41, 5.74) is 3.84. The Morgan fingerprint density at radius 2 is 0.453 bits per heavy atom. The first-order chi connectivity index (χ1) is 38.5. The number of hydrogen-bond donors (Lipinski definition) is 0. The summed E-state index contributed by atoms with van der Waals surface area (Å²) in [6.45, 7) is 25.4. The molecule has 0 bridgehead atoms. The molecule has 26 heteroatoms. The van der Waals surface area contributed by atoms with Crippen LogP contribution in [-0.4, -0.2) is 125 Å². The molecule has 20 nitrogen and oxygen atoms in total. The summed E-state index contributed by atoms with van der Waals surface area (Å²) in [5, 5.41) is 44.2. The number of carboxylic acids is 4. The van der Waals surface area contributed by atoms with Gasteiger partial charge >= 0.3 is 39.0 Å². The second-order valence-corrected chi connectivity index (χ2v) is 33.0. The molecule has 0 unspecified atom stereocenters. The van der Waals surface area contributed by atoms with E-state index in [0.29, 0.717) is 51.4 Å². The maximum atomic E-state index is 12.5. The predicted molar refractivity (Wildman–Crippen MR) is 308 cm³/mol. The van der Waals surface area contributed by atoms with Gasteiger partial charge in [-0.05, 0) is 144 Å². The maximum Gasteiger partial charge on any atom is 2.00 e. The van der Waals surface area contributed by atoms with Crippen LogP contribution in [0.4, 0.5) is 0 Å². The summed E-state index contributed by atoms with van der Waals surface area (Å²) in [7, 11) is -15.1. The van der Waals surface area contributed by atoms with Gasteiger partial charge in [-0.2, -0.15) is 17.2 Å². The van der Waals surface area contributed by atoms with Crippen LogP contribution in [0.15, 0.2) is 117 Å². The van der Waals surface area contributed by atoms with E-state index in [2.05, 4.69) is 0 Å². The van der Waals surface area contributed by atoms with E-state index in [1.165, 1.54) is 0 Å². The smallest absolute Gasteiger partial charge is 0.548 e. The molecule has 4 heterocycles. The van der Waals surface area contributed by atoms with Crippen molar-refractivity contribution in [1.82, 2.24) is 17.2 Å². The number of carbonyl (C=O) groups is 4. The molecule has 0 amide bonds. The van der Waals surface area contributed by atoms with Crippen molar-refractivity contribution in [2.75, 3.05) is 26.2 Å². The number of rotatable bonds is 12. The predicted octanol–water partition coefficient (Wildman–Crippen LogP) is 3.54. The van der Waals surface area contributed by atoms with E-state index in [9.17, 15) is 73.3 Å². The van der Waals surface area contributed by atoms with Crippen molar-refractivity contribution in [1.29, 1.82) is 0 Å². The number of carbonyl (C=O) groups excluding carboxylic acids is 4. The monoisotopic (exact) mass is 1450 g/mol. The summed E-state index contributed by atoms with van der Waals surface area (Å²) in [6, 6.07) is 22.3. The van der Waals surface area contributed by atoms with Crippen molar-refractivity contribution in [2.24, 2.45) is 0 Å². The van der Waals surface area contributed by atoms with Crippen LogP contribution in [0.25, 0.3) is 0 Å². The molecule has 4 aliphatic heterocycles. The molecule has 4 fully saturated rings. The first-order valence-electron chi connectivity index (χ1n) is 27.9. The summed E-state index contributed by atoms with van der Waals surface area (Å²) in [5.74, 6) is -5.32. The Morgan fingerprint density at radius 3 is 0.570 bits per heavy atom. The molecular formula is C60H80N4O16Rh2S4. The summed E-state index contributed by atoms with van der Waals surface area (Å²) in [4.78, 5) is 44.7. The number of hydrogen-bond acceptors (Lipinski definition) is 16. The molecular weight excluding hydrogens is 1370 g/mol. The summed E-state index contributed by atoms with van der Waals surface area (Å²) >= 11 is 0. The molecule has 2 radical (unpaired) electrons. The van der Waals surface area contributed by atoms with Gasteiger partial charge in [0.1, 0.15) is 0 Å². The Morgan fingerprint density at radius 1 is 0.314 bits per heavy atom. The SMILES string of the molecule is CC(C)(C)c1ccc(S(=O)(=O)N2CCC[C@H]2C(=O)[O-])cc1.CC(C)(C)c1ccc(S(=O)(=O)N2CCC[C@H]2C(=O)[O-])cc1.CC(C)(C)c1ccc(S(=O)(=O)N2CCC[C@H]2C(=O)[O-])cc1.CC(C)(C)c1ccc(S(=O)(=O)N2CCC[C@H]2C(=O)[O-])cc1.[Rh+2].[Rh+2]. The van der Waals surface area contributed by atoms with Crippen LogP contribution in [-0.2, 0) is 120 Å². The zero-order chi connectivity index (χ0) is 63.3. The van der Waals surface area contributed by atoms with Crippen LogP contribution in [0.3, 0.4) is 0 Å². The van der Waals surface area contributed by atoms with E-state index in [-0.39, 0.29) is 106 Å². The first-order valence-corrected chi connectivity index (χ1v) is 33.6. The van der Waals surface area contributed by atoms with Gasteiger partial charge in [-0.25, -0.2) is 33.7 Å². The Bertz CT molecular complexity index is 2990. The molecule has 4 saturated heterocycles. The summed E-state index contributed by atoms with van der Waals surface area (Å²) in [6.07, 6.45) is 3.39. The summed E-state index contributed by atoms with van der Waals surface area (Å²) < 4.78 is 105. The third-order valence-corrected chi connectivity index (χ3v) is 22.9. The zero-order valence-corrected chi connectivity index (χ0v) is 57.2. The fourth-order valence-corrected chi connectivity index (χ4v) is 16.7. The van der Waals surface area contributed by atoms with Crippen LogP contribution in [0.1, 0.15) is 157 Å². The van der Waals surface area contributed by atoms with E-state index in [4.69, 9.17) is 0 Å². The molecule has 0 N–H and O–H groups in total. The molecule has 478 valence electrons. The first kappa shape index (κ1) is 75.9. The van der Waals surface area contributed by atoms with E-state index >= 15 is 0 Å². The van der Waals surface area contributed by atoms with Gasteiger partial charge in [0.05, 0.1) is 67.6 Å². The van der Waals surface area contributed by atoms with Crippen molar-refractivity contribution in [3.63, 3.8) is 0 Å². The number of benzene rings is 4. The molecule has 0 aliphatic carbocycles. The molecule has 4 aromatic rings. The van der Waals surface area contributed by atoms with Gasteiger partial charge in [0.25, 0.3) is 0 Å². The third-order valence-electron chi connectivity index (χ3n) is 15.2. The van der Waals surface area contributed by atoms with E-state index in [1.54, 1.807) is 97.1 Å². The second-order valence-electron chi connectivity index (χ2n) is 25.5. The molecule has 0 saturated carbocycles. The second kappa shape index (κ2) is 29.5. The normalized spacial score (nSPS) is 20.1. The zero-order valence-electron chi connectivity index (χ0n) is 50.7. The van der Waals surface area contributed by atoms with Crippen LogP contribution >= 0.6 is 0 Å². The van der Waals surface area contributed by atoms with Crippen molar-refractivity contribution in [3.05, 3.63) is 119 Å². The molecule has 0 spiro atoms. The Balaban J connectivity index is 0.000000298. The molecule has 4 aromatic carbocycles. The average Bonchev–Trinajstić information content (AvgIpc) is 2.47. The minimum absolute atomic E-state index is 0. The van der Waals surface area contributed by atoms with Gasteiger partial charge in [0, 0.05) is 26.2 Å². The molecule has 4 aliphatic rings. The topological polar surface area (TPSA) is 310 Å². The van der Waals surface area contributed by atoms with Crippen LogP contribution < -0.4 is 20.4 Å². The fraction of sp³-hybridized carbons (Fsp3) is 0.533. The number of carboxylic acid groups (broad SMARTS) is 4. The van der Waals surface area contributed by atoms with Crippen molar-refractivity contribution in [2.45, 2.75) is 200 Å². The average molecular weight is 1450 g/mol. The van der Waals surface area contributed by atoms with Gasteiger partial charge in [0.15, 0.2) is 0 Å². The van der Waals surface area contributed by atoms with Gasteiger partial charge in [-0.3, -0.25) is 0 Å². The molecule has 4 atom stereocenters. The van der Waals surface area contributed by atoms with Gasteiger partial charge in [-0.1, -0.05) is 132 Å². The van der Waals surface area contributed by atoms with E-state index < -0.39 is 88.1 Å². The van der Waals surface area contributed by atoms with Crippen molar-refractivity contribution >= 4 is 64.0 Å². The quantitative estimate of drug-likeness (QED) is 0.183. The van der Waals surface area contributed by atoms with Crippen molar-refractivity contribution in [3.8, 4) is 0 Å². The number of aliphatic carboxylic acids is 4. The van der Waals surface area contributed by atoms with Gasteiger partial charge in [0.2, 0.25) is 40.1 Å². The van der Waals surface area contributed by atoms with Gasteiger partial charge < -0.3 is 39.6 Å². The maximum absolute atomic E-state index is 12.5. The Hall–Kier alpha value is -4.35.